The Morgan fingerprint density at radius 2 is 1.46 bits per heavy atom. The maximum Gasteiger partial charge on any atom is 0.481 e. The van der Waals surface area contributed by atoms with E-state index in [-0.39, 0.29) is 37.9 Å². The van der Waals surface area contributed by atoms with Crippen LogP contribution in [0.1, 0.15) is 181 Å². The van der Waals surface area contributed by atoms with Crippen LogP contribution in [-0.2, 0) is 51.0 Å². The summed E-state index contributed by atoms with van der Waals surface area (Å²) in [5.74, 6) is -2.85. The van der Waals surface area contributed by atoms with Gasteiger partial charge < -0.3 is 60.0 Å². The van der Waals surface area contributed by atoms with Gasteiger partial charge >= 0.3 is 33.3 Å². The van der Waals surface area contributed by atoms with Crippen LogP contribution in [0.3, 0.4) is 0 Å². The lowest BCUT2D eigenvalue weighted by Crippen LogP contribution is -2.49. The van der Waals surface area contributed by atoms with Crippen molar-refractivity contribution in [3.63, 3.8) is 0 Å². The number of hydrogen-bond donors (Lipinski definition) is 8. The Hall–Kier alpha value is -3.18. The number of rotatable bonds is 26. The summed E-state index contributed by atoms with van der Waals surface area (Å²) in [4.78, 5) is 64.3. The van der Waals surface area contributed by atoms with Gasteiger partial charge in [0.25, 0.3) is 0 Å². The molecule has 1 aromatic rings. The van der Waals surface area contributed by atoms with Gasteiger partial charge in [-0.3, -0.25) is 23.2 Å². The van der Waals surface area contributed by atoms with Gasteiger partial charge in [0.2, 0.25) is 0 Å². The third-order valence-corrected chi connectivity index (χ3v) is 15.6. The first-order valence-corrected chi connectivity index (χ1v) is 30.4. The van der Waals surface area contributed by atoms with Crippen LogP contribution >= 0.6 is 15.6 Å². The van der Waals surface area contributed by atoms with E-state index < -0.39 is 121 Å². The molecule has 0 saturated carbocycles. The molecule has 3 heterocycles. The van der Waals surface area contributed by atoms with Gasteiger partial charge in [-0.25, -0.2) is 13.9 Å². The van der Waals surface area contributed by atoms with Crippen LogP contribution in [0.25, 0.3) is 0 Å². The summed E-state index contributed by atoms with van der Waals surface area (Å²) in [6.07, 6.45) is 15.0. The van der Waals surface area contributed by atoms with E-state index in [2.05, 4.69) is 28.4 Å². The lowest BCUT2D eigenvalue weighted by atomic mass is 9.92. The Kier molecular flexibility index (Phi) is 33.2. The predicted molar refractivity (Wildman–Crippen MR) is 283 cm³/mol. The summed E-state index contributed by atoms with van der Waals surface area (Å²) in [6, 6.07) is 1.23. The molecule has 76 heavy (non-hydrogen) atoms. The van der Waals surface area contributed by atoms with Crippen molar-refractivity contribution in [2.75, 3.05) is 25.6 Å². The number of carbonyl (C=O) groups is 2. The zero-order valence-electron chi connectivity index (χ0n) is 44.6. The van der Waals surface area contributed by atoms with Crippen LogP contribution < -0.4 is 11.4 Å². The van der Waals surface area contributed by atoms with E-state index in [0.717, 1.165) is 75.0 Å². The Morgan fingerprint density at radius 1 is 0.842 bits per heavy atom. The average Bonchev–Trinajstić information content (AvgIpc) is 3.37. The number of aromatic nitrogens is 2. The topological polar surface area (TPSA) is 335 Å². The molecule has 24 heteroatoms. The van der Waals surface area contributed by atoms with Crippen LogP contribution in [0.5, 0.6) is 0 Å². The van der Waals surface area contributed by atoms with Crippen LogP contribution in [0.15, 0.2) is 53.5 Å². The minimum Gasteiger partial charge on any atom is -0.462 e. The van der Waals surface area contributed by atoms with Gasteiger partial charge in [-0.15, -0.1) is 0 Å². The summed E-state index contributed by atoms with van der Waals surface area (Å²) in [7, 11) is -11.3. The molecule has 12 atom stereocenters. The van der Waals surface area contributed by atoms with E-state index in [1.807, 2.05) is 6.92 Å². The third kappa shape index (κ3) is 28.1. The maximum atomic E-state index is 13.4. The van der Waals surface area contributed by atoms with E-state index >= 15 is 0 Å². The van der Waals surface area contributed by atoms with Crippen LogP contribution in [0.4, 0.5) is 5.82 Å². The number of hydrogen-bond acceptors (Lipinski definition) is 19. The number of aliphatic hydroxyl groups excluding tert-OH is 5. The maximum absolute atomic E-state index is 13.4. The summed E-state index contributed by atoms with van der Waals surface area (Å²) in [6.45, 7) is 1.44. The van der Waals surface area contributed by atoms with Gasteiger partial charge in [-0.1, -0.05) is 134 Å². The summed E-state index contributed by atoms with van der Waals surface area (Å²) < 4.78 is 64.8. The highest BCUT2D eigenvalue weighted by atomic mass is 31.3. The van der Waals surface area contributed by atoms with E-state index in [4.69, 9.17) is 33.7 Å². The van der Waals surface area contributed by atoms with Gasteiger partial charge in [0.15, 0.2) is 12.4 Å². The average molecular weight is 1120 g/mol. The highest BCUT2D eigenvalue weighted by Crippen LogP contribution is 2.60. The Labute approximate surface area is 448 Å². The summed E-state index contributed by atoms with van der Waals surface area (Å²) in [5.41, 5.74) is 4.76. The van der Waals surface area contributed by atoms with Crippen molar-refractivity contribution >= 4 is 33.4 Å². The zero-order valence-corrected chi connectivity index (χ0v) is 46.4. The Morgan fingerprint density at radius 3 is 2.12 bits per heavy atom. The van der Waals surface area contributed by atoms with Gasteiger partial charge in [-0.2, -0.15) is 9.29 Å². The highest BCUT2D eigenvalue weighted by molar-refractivity contribution is 7.61. The number of cyclic esters (lactones) is 1. The van der Waals surface area contributed by atoms with Crippen molar-refractivity contribution in [3.8, 4) is 0 Å². The molecule has 9 N–H and O–H groups in total. The first-order chi connectivity index (χ1) is 36.3. The fraction of sp³-hybridized carbons (Fsp3) is 0.769. The summed E-state index contributed by atoms with van der Waals surface area (Å²) >= 11 is 0. The lowest BCUT2D eigenvalue weighted by Gasteiger charge is -2.36. The monoisotopic (exact) mass is 1120 g/mol. The lowest BCUT2D eigenvalue weighted by molar-refractivity contribution is -0.192. The molecule has 1 saturated heterocycles. The number of esters is 2. The number of aliphatic hydroxyl groups is 5. The number of nitrogen functional groups attached to an aromatic ring is 1. The second kappa shape index (κ2) is 37.6. The molecule has 3 unspecified atom stereocenters. The molecule has 1 aromatic heterocycles. The van der Waals surface area contributed by atoms with E-state index in [1.165, 1.54) is 56.7 Å². The quantitative estimate of drug-likeness (QED) is 0.0191. The van der Waals surface area contributed by atoms with Gasteiger partial charge in [0.1, 0.15) is 43.1 Å². The van der Waals surface area contributed by atoms with E-state index in [0.29, 0.717) is 19.3 Å². The molecule has 0 radical (unpaired) electrons. The number of nitrogens with two attached hydrogens (primary N) is 1. The molecule has 0 amide bonds. The molecule has 0 spiro atoms. The standard InChI is InChI=1S/C52H89N3O19P2/c1-3-5-7-8-9-10-11-12-13-14-15-16-17-18-19-20-25-29-46(58)68-36-40-37-69-75(64,65)74-76(66,67)70-38-44-50(62)49(61)43(32-31-39(56)27-23-6-4-2)72-48(60)35-42(57)41(28-24-21-22-26-30-47(59)71-40)51(73-44)55-34-33-45(53)54-52(55)63/h12-13,21,24,31-34,39-44,48-51,56-57,60-62H,3-11,14-20,22-23,25-30,35-38H2,1-2H3,(H,64,65)(H,66,67)(H2,53,54,63)/b13-12-,24-21?,32-31+/t39-,40+,41-,42-,43+,44+,48?,49-,50+,51+/m0/s1. The third-order valence-electron chi connectivity index (χ3n) is 13.0. The normalized spacial score (nSPS) is 29.5. The molecule has 0 aromatic carbocycles. The fourth-order valence-corrected chi connectivity index (χ4v) is 10.7. The van der Waals surface area contributed by atoms with Crippen LogP contribution in [0.2, 0.25) is 0 Å². The zero-order chi connectivity index (χ0) is 55.8. The van der Waals surface area contributed by atoms with Crippen molar-refractivity contribution in [2.45, 2.75) is 230 Å². The molecule has 436 valence electrons. The first kappa shape index (κ1) is 67.1. The highest BCUT2D eigenvalue weighted by Gasteiger charge is 2.44. The number of allylic oxidation sites excluding steroid dienone is 4. The number of phosphoric ester groups is 2. The van der Waals surface area contributed by atoms with E-state index in [1.54, 1.807) is 12.2 Å². The van der Waals surface area contributed by atoms with Crippen molar-refractivity contribution in [3.05, 3.63) is 59.2 Å². The number of nitrogens with zero attached hydrogens (tertiary/aromatic N) is 2. The largest absolute Gasteiger partial charge is 0.481 e. The van der Waals surface area contributed by atoms with Crippen LogP contribution in [-0.4, -0.2) is 126 Å². The number of fused-ring (bicyclic) bond motifs is 3. The molecular weight excluding hydrogens is 1030 g/mol. The molecular formula is C52H89N3O19P2. The van der Waals surface area contributed by atoms with E-state index in [9.17, 15) is 58.8 Å². The second-order valence-corrected chi connectivity index (χ2v) is 22.6. The Bertz CT molecular complexity index is 2040. The van der Waals surface area contributed by atoms with Crippen LogP contribution in [0, 0.1) is 5.92 Å². The van der Waals surface area contributed by atoms with Gasteiger partial charge in [0, 0.05) is 31.4 Å². The molecule has 2 aliphatic rings. The predicted octanol–water partition coefficient (Wildman–Crippen LogP) is 7.67. The SMILES string of the molecule is CCCCCCCC/C=C\CCCCCCCCCC(=O)OC[C@@H]1COP(=O)(O)OP(=O)(O)OC[C@H]2O[C@@H](n3ccc(N)nc3=O)[C@@H](CC=CCCCC(=O)O1)[C@@H](O)CC(O)O[C@H](/C=C/[C@@H](O)CCCCC)[C@H](O)[C@@H]2O. The van der Waals surface area contributed by atoms with Crippen molar-refractivity contribution in [1.29, 1.82) is 0 Å². The van der Waals surface area contributed by atoms with Gasteiger partial charge in [-0.05, 0) is 63.9 Å². The molecule has 0 aliphatic carbocycles. The molecule has 22 nitrogen and oxygen atoms in total. The van der Waals surface area contributed by atoms with Crippen molar-refractivity contribution in [2.24, 2.45) is 5.92 Å². The molecule has 1 fully saturated rings. The molecule has 2 aliphatic heterocycles. The number of phosphoric acid groups is 2. The number of unbranched alkanes of at least 4 members (excludes halogenated alkanes) is 15. The molecule has 2 bridgehead atoms. The minimum absolute atomic E-state index is 0.0692. The van der Waals surface area contributed by atoms with Crippen molar-refractivity contribution in [1.82, 2.24) is 9.55 Å². The minimum atomic E-state index is -5.73. The smallest absolute Gasteiger partial charge is 0.462 e. The number of carbonyl (C=O) groups excluding carboxylic acids is 2. The fourth-order valence-electron chi connectivity index (χ4n) is 8.63. The van der Waals surface area contributed by atoms with Crippen molar-refractivity contribution < 1.29 is 86.3 Å². The number of anilines is 1. The first-order valence-electron chi connectivity index (χ1n) is 27.4. The van der Waals surface area contributed by atoms with Gasteiger partial charge in [0.05, 0.1) is 25.4 Å². The molecule has 3 rings (SSSR count). The Balaban J connectivity index is 1.74. The summed E-state index contributed by atoms with van der Waals surface area (Å²) in [5, 5.41) is 56.9. The number of ether oxygens (including phenoxy) is 4. The second-order valence-electron chi connectivity index (χ2n) is 19.6.